The topological polar surface area (TPSA) is 52.9 Å². The van der Waals surface area contributed by atoms with Gasteiger partial charge in [0.2, 0.25) is 0 Å². The normalized spacial score (nSPS) is 25.2. The molecule has 0 unspecified atom stereocenters. The van der Waals surface area contributed by atoms with Crippen molar-refractivity contribution in [2.24, 2.45) is 0 Å². The zero-order valence-electron chi connectivity index (χ0n) is 8.94. The van der Waals surface area contributed by atoms with Crippen LogP contribution < -0.4 is 5.32 Å². The van der Waals surface area contributed by atoms with E-state index in [-0.39, 0.29) is 0 Å². The lowest BCUT2D eigenvalue weighted by atomic mass is 10.1. The Bertz CT molecular complexity index is 412. The van der Waals surface area contributed by atoms with E-state index in [0.29, 0.717) is 6.04 Å². The molecule has 0 aliphatic carbocycles. The maximum Gasteiger partial charge on any atom is 0.110 e. The Morgan fingerprint density at radius 2 is 2.25 bits per heavy atom. The zero-order valence-corrected chi connectivity index (χ0v) is 10.6. The average Bonchev–Trinajstić information content (AvgIpc) is 2.76. The Hall–Kier alpha value is -0.700. The minimum absolute atomic E-state index is 0.491. The van der Waals surface area contributed by atoms with Crippen LogP contribution in [0.5, 0.6) is 0 Å². The van der Waals surface area contributed by atoms with Gasteiger partial charge in [-0.15, -0.1) is 11.3 Å². The Kier molecular flexibility index (Phi) is 4.10. The molecule has 0 spiro atoms. The molecule has 16 heavy (non-hydrogen) atoms. The van der Waals surface area contributed by atoms with E-state index < -0.39 is 10.8 Å². The van der Waals surface area contributed by atoms with Crippen molar-refractivity contribution in [2.75, 3.05) is 11.5 Å². The van der Waals surface area contributed by atoms with E-state index in [1.54, 1.807) is 0 Å². The third-order valence-corrected chi connectivity index (χ3v) is 5.10. The molecule has 0 atom stereocenters. The molecule has 86 valence electrons. The quantitative estimate of drug-likeness (QED) is 0.892. The van der Waals surface area contributed by atoms with Gasteiger partial charge >= 0.3 is 0 Å². The first-order valence-corrected chi connectivity index (χ1v) is 7.65. The van der Waals surface area contributed by atoms with E-state index in [9.17, 15) is 4.21 Å². The molecule has 3 nitrogen and oxygen atoms in total. The van der Waals surface area contributed by atoms with Gasteiger partial charge in [0.05, 0.1) is 0 Å². The van der Waals surface area contributed by atoms with E-state index in [1.165, 1.54) is 16.2 Å². The van der Waals surface area contributed by atoms with Gasteiger partial charge in [0.15, 0.2) is 0 Å². The Morgan fingerprint density at radius 3 is 2.88 bits per heavy atom. The third kappa shape index (κ3) is 3.14. The van der Waals surface area contributed by atoms with Crippen molar-refractivity contribution in [2.45, 2.75) is 25.4 Å². The summed E-state index contributed by atoms with van der Waals surface area (Å²) in [6.07, 6.45) is 2.01. The van der Waals surface area contributed by atoms with Crippen LogP contribution in [-0.2, 0) is 17.3 Å². The molecule has 0 amide bonds. The number of thiophene rings is 1. The molecule has 1 aliphatic rings. The van der Waals surface area contributed by atoms with Gasteiger partial charge in [-0.05, 0) is 25.0 Å². The highest BCUT2D eigenvalue weighted by Crippen LogP contribution is 2.16. The zero-order chi connectivity index (χ0) is 11.4. The Morgan fingerprint density at radius 1 is 1.50 bits per heavy atom. The van der Waals surface area contributed by atoms with E-state index >= 15 is 0 Å². The summed E-state index contributed by atoms with van der Waals surface area (Å²) in [6.45, 7) is 0.823. The van der Waals surface area contributed by atoms with E-state index in [2.05, 4.69) is 11.4 Å². The van der Waals surface area contributed by atoms with Gasteiger partial charge < -0.3 is 5.32 Å². The lowest BCUT2D eigenvalue weighted by Gasteiger charge is -2.22. The van der Waals surface area contributed by atoms with Gasteiger partial charge in [0, 0.05) is 39.8 Å². The smallest absolute Gasteiger partial charge is 0.110 e. The van der Waals surface area contributed by atoms with E-state index in [0.717, 1.165) is 35.8 Å². The summed E-state index contributed by atoms with van der Waals surface area (Å²) < 4.78 is 11.2. The van der Waals surface area contributed by atoms with E-state index in [1.807, 2.05) is 12.1 Å². The molecule has 5 heteroatoms. The molecular weight excluding hydrogens is 240 g/mol. The molecule has 1 aliphatic heterocycles. The first-order chi connectivity index (χ1) is 7.78. The van der Waals surface area contributed by atoms with Gasteiger partial charge in [-0.2, -0.15) is 5.26 Å². The van der Waals surface area contributed by atoms with Gasteiger partial charge in [-0.25, -0.2) is 0 Å². The van der Waals surface area contributed by atoms with Crippen LogP contribution in [0.2, 0.25) is 0 Å². The van der Waals surface area contributed by atoms with Crippen molar-refractivity contribution < 1.29 is 4.21 Å². The fourth-order valence-corrected chi connectivity index (χ4v) is 3.83. The summed E-state index contributed by atoms with van der Waals surface area (Å²) in [7, 11) is -0.587. The second-order valence-electron chi connectivity index (χ2n) is 3.88. The molecule has 1 aromatic rings. The number of nitriles is 1. The maximum absolute atomic E-state index is 11.2. The lowest BCUT2D eigenvalue weighted by Crippen LogP contribution is -2.35. The molecule has 0 saturated carbocycles. The van der Waals surface area contributed by atoms with E-state index in [4.69, 9.17) is 5.26 Å². The Labute approximate surface area is 102 Å². The number of rotatable bonds is 3. The van der Waals surface area contributed by atoms with Gasteiger partial charge in [-0.3, -0.25) is 4.21 Å². The molecular formula is C11H14N2OS2. The van der Waals surface area contributed by atoms with Gasteiger partial charge in [-0.1, -0.05) is 0 Å². The first kappa shape index (κ1) is 11.8. The van der Waals surface area contributed by atoms with Crippen LogP contribution in [0.3, 0.4) is 0 Å². The second kappa shape index (κ2) is 5.58. The molecule has 1 saturated heterocycles. The summed E-state index contributed by atoms with van der Waals surface area (Å²) in [4.78, 5) is 1.96. The van der Waals surface area contributed by atoms with Crippen molar-refractivity contribution >= 4 is 22.1 Å². The monoisotopic (exact) mass is 254 g/mol. The van der Waals surface area contributed by atoms with Crippen molar-refractivity contribution in [1.29, 1.82) is 5.26 Å². The summed E-state index contributed by atoms with van der Waals surface area (Å²) in [6, 6.07) is 6.49. The molecule has 2 rings (SSSR count). The van der Waals surface area contributed by atoms with Crippen LogP contribution in [0.4, 0.5) is 0 Å². The third-order valence-electron chi connectivity index (χ3n) is 2.72. The summed E-state index contributed by atoms with van der Waals surface area (Å²) in [5.74, 6) is 1.65. The lowest BCUT2D eigenvalue weighted by molar-refractivity contribution is 0.477. The predicted molar refractivity (Wildman–Crippen MR) is 66.8 cm³/mol. The highest BCUT2D eigenvalue weighted by Gasteiger charge is 2.17. The predicted octanol–water partition coefficient (Wildman–Crippen LogP) is 1.62. The van der Waals surface area contributed by atoms with Crippen molar-refractivity contribution in [3.63, 3.8) is 0 Å². The highest BCUT2D eigenvalue weighted by molar-refractivity contribution is 7.85. The molecule has 1 aromatic heterocycles. The summed E-state index contributed by atoms with van der Waals surface area (Å²) in [5.41, 5.74) is 0. The minimum Gasteiger partial charge on any atom is -0.309 e. The van der Waals surface area contributed by atoms with Crippen LogP contribution in [-0.4, -0.2) is 21.8 Å². The first-order valence-electron chi connectivity index (χ1n) is 5.35. The van der Waals surface area contributed by atoms with Crippen LogP contribution in [0.15, 0.2) is 12.1 Å². The SMILES string of the molecule is N#Cc1ccc(CNC2CCS(=O)CC2)s1. The highest BCUT2D eigenvalue weighted by atomic mass is 32.2. The number of nitrogens with one attached hydrogen (secondary N) is 1. The minimum atomic E-state index is -0.587. The fraction of sp³-hybridized carbons (Fsp3) is 0.545. The Balaban J connectivity index is 1.79. The maximum atomic E-state index is 11.2. The number of nitrogens with zero attached hydrogens (tertiary/aromatic N) is 1. The molecule has 0 radical (unpaired) electrons. The van der Waals surface area contributed by atoms with Gasteiger partial charge in [0.25, 0.3) is 0 Å². The van der Waals surface area contributed by atoms with Crippen LogP contribution in [0, 0.1) is 11.3 Å². The summed E-state index contributed by atoms with van der Waals surface area (Å²) >= 11 is 1.54. The number of hydrogen-bond acceptors (Lipinski definition) is 4. The van der Waals surface area contributed by atoms with Crippen molar-refractivity contribution in [1.82, 2.24) is 5.32 Å². The second-order valence-corrected chi connectivity index (χ2v) is 6.75. The van der Waals surface area contributed by atoms with Crippen LogP contribution >= 0.6 is 11.3 Å². The number of hydrogen-bond donors (Lipinski definition) is 1. The molecule has 2 heterocycles. The van der Waals surface area contributed by atoms with Crippen molar-refractivity contribution in [3.05, 3.63) is 21.9 Å². The fourth-order valence-electron chi connectivity index (χ4n) is 1.78. The molecule has 1 N–H and O–H groups in total. The summed E-state index contributed by atoms with van der Waals surface area (Å²) in [5, 5.41) is 12.2. The van der Waals surface area contributed by atoms with Crippen LogP contribution in [0.1, 0.15) is 22.6 Å². The van der Waals surface area contributed by atoms with Gasteiger partial charge in [0.1, 0.15) is 10.9 Å². The van der Waals surface area contributed by atoms with Crippen LogP contribution in [0.25, 0.3) is 0 Å². The average molecular weight is 254 g/mol. The molecule has 0 bridgehead atoms. The van der Waals surface area contributed by atoms with Crippen molar-refractivity contribution in [3.8, 4) is 6.07 Å². The standard InChI is InChI=1S/C11H14N2OS2/c12-7-10-1-2-11(15-10)8-13-9-3-5-16(14)6-4-9/h1-2,9,13H,3-6,8H2. The largest absolute Gasteiger partial charge is 0.309 e. The molecule has 0 aromatic carbocycles. The molecule has 1 fully saturated rings.